The lowest BCUT2D eigenvalue weighted by Crippen LogP contribution is -2.16. The fourth-order valence-corrected chi connectivity index (χ4v) is 5.73. The van der Waals surface area contributed by atoms with Gasteiger partial charge in [0.2, 0.25) is 5.91 Å². The van der Waals surface area contributed by atoms with Gasteiger partial charge >= 0.3 is 5.97 Å². The summed E-state index contributed by atoms with van der Waals surface area (Å²) >= 11 is 2.60. The largest absolute Gasteiger partial charge is 0.485 e. The summed E-state index contributed by atoms with van der Waals surface area (Å²) in [6, 6.07) is 17.3. The number of benzene rings is 2. The highest BCUT2D eigenvalue weighted by Crippen LogP contribution is 2.40. The molecule has 4 aromatic rings. The predicted molar refractivity (Wildman–Crippen MR) is 151 cm³/mol. The van der Waals surface area contributed by atoms with Gasteiger partial charge in [-0.3, -0.25) is 9.36 Å². The Morgan fingerprint density at radius 3 is 2.55 bits per heavy atom. The number of allylic oxidation sites excluding steroid dienone is 1. The summed E-state index contributed by atoms with van der Waals surface area (Å²) in [7, 11) is 1.33. The number of aromatic nitrogens is 3. The van der Waals surface area contributed by atoms with E-state index in [9.17, 15) is 9.59 Å². The van der Waals surface area contributed by atoms with Crippen LogP contribution in [0.3, 0.4) is 0 Å². The van der Waals surface area contributed by atoms with E-state index in [4.69, 9.17) is 9.47 Å². The lowest BCUT2D eigenvalue weighted by molar-refractivity contribution is -0.113. The second-order valence-electron chi connectivity index (χ2n) is 8.28. The first kappa shape index (κ1) is 27.2. The fourth-order valence-electron chi connectivity index (χ4n) is 3.88. The van der Waals surface area contributed by atoms with Crippen molar-refractivity contribution in [3.63, 3.8) is 0 Å². The summed E-state index contributed by atoms with van der Waals surface area (Å²) in [5.41, 5.74) is 3.02. The van der Waals surface area contributed by atoms with E-state index in [2.05, 4.69) is 22.1 Å². The molecule has 1 amide bonds. The van der Waals surface area contributed by atoms with Gasteiger partial charge in [-0.1, -0.05) is 66.4 Å². The minimum absolute atomic E-state index is 0.0756. The Morgan fingerprint density at radius 2 is 1.84 bits per heavy atom. The maximum absolute atomic E-state index is 13.0. The molecular formula is C28H28N4O4S2. The topological polar surface area (TPSA) is 95.3 Å². The molecule has 2 aromatic carbocycles. The quantitative estimate of drug-likeness (QED) is 0.142. The second kappa shape index (κ2) is 12.6. The van der Waals surface area contributed by atoms with E-state index in [1.54, 1.807) is 6.08 Å². The summed E-state index contributed by atoms with van der Waals surface area (Å²) in [6.07, 6.45) is 1.74. The van der Waals surface area contributed by atoms with E-state index >= 15 is 0 Å². The van der Waals surface area contributed by atoms with Gasteiger partial charge in [0.1, 0.15) is 22.9 Å². The molecule has 10 heteroatoms. The molecule has 2 heterocycles. The molecule has 0 atom stereocenters. The first-order valence-corrected chi connectivity index (χ1v) is 13.6. The number of methoxy groups -OCH3 is 1. The number of ether oxygens (including phenoxy) is 2. The van der Waals surface area contributed by atoms with Gasteiger partial charge < -0.3 is 14.8 Å². The summed E-state index contributed by atoms with van der Waals surface area (Å²) in [4.78, 5) is 26.5. The van der Waals surface area contributed by atoms with E-state index in [1.165, 1.54) is 30.2 Å². The number of thiophene rings is 1. The summed E-state index contributed by atoms with van der Waals surface area (Å²) < 4.78 is 12.8. The van der Waals surface area contributed by atoms with Crippen LogP contribution in [-0.4, -0.2) is 39.5 Å². The SMILES string of the molecule is C=CCn1c(COc2ccccc2C)nnc1SCC(=O)Nc1sc(C)c(-c2ccccc2)c1C(=O)OC. The Morgan fingerprint density at radius 1 is 1.11 bits per heavy atom. The molecular weight excluding hydrogens is 520 g/mol. The predicted octanol–water partition coefficient (Wildman–Crippen LogP) is 5.91. The molecule has 0 saturated heterocycles. The molecule has 0 aliphatic heterocycles. The Labute approximate surface area is 229 Å². The van der Waals surface area contributed by atoms with Crippen LogP contribution < -0.4 is 10.1 Å². The van der Waals surface area contributed by atoms with E-state index < -0.39 is 5.97 Å². The minimum atomic E-state index is -0.500. The van der Waals surface area contributed by atoms with Crippen molar-refractivity contribution in [2.75, 3.05) is 18.2 Å². The molecule has 0 spiro atoms. The molecule has 0 fully saturated rings. The van der Waals surface area contributed by atoms with Crippen LogP contribution >= 0.6 is 23.1 Å². The van der Waals surface area contributed by atoms with Crippen molar-refractivity contribution >= 4 is 40.0 Å². The number of nitrogens with one attached hydrogen (secondary N) is 1. The lowest BCUT2D eigenvalue weighted by atomic mass is 10.0. The molecule has 38 heavy (non-hydrogen) atoms. The summed E-state index contributed by atoms with van der Waals surface area (Å²) in [5, 5.41) is 12.5. The number of hydrogen-bond donors (Lipinski definition) is 1. The average Bonchev–Trinajstić information content (AvgIpc) is 3.46. The zero-order valence-electron chi connectivity index (χ0n) is 21.4. The number of nitrogens with zero attached hydrogens (tertiary/aromatic N) is 3. The molecule has 0 bridgehead atoms. The molecule has 2 aromatic heterocycles. The highest BCUT2D eigenvalue weighted by Gasteiger charge is 2.25. The molecule has 196 valence electrons. The highest BCUT2D eigenvalue weighted by atomic mass is 32.2. The molecule has 0 unspecified atom stereocenters. The van der Waals surface area contributed by atoms with Crippen LogP contribution in [0.25, 0.3) is 11.1 Å². The Bertz CT molecular complexity index is 1450. The number of para-hydroxylation sites is 1. The zero-order valence-corrected chi connectivity index (χ0v) is 23.0. The van der Waals surface area contributed by atoms with E-state index in [1.807, 2.05) is 73.0 Å². The van der Waals surface area contributed by atoms with Crippen molar-refractivity contribution in [1.29, 1.82) is 0 Å². The smallest absolute Gasteiger partial charge is 0.341 e. The lowest BCUT2D eigenvalue weighted by Gasteiger charge is -2.11. The number of hydrogen-bond acceptors (Lipinski definition) is 8. The molecule has 0 aliphatic carbocycles. The van der Waals surface area contributed by atoms with Crippen molar-refractivity contribution < 1.29 is 19.1 Å². The number of carbonyl (C=O) groups excluding carboxylic acids is 2. The fraction of sp³-hybridized carbons (Fsp3) is 0.214. The van der Waals surface area contributed by atoms with Crippen LogP contribution in [0, 0.1) is 13.8 Å². The first-order chi connectivity index (χ1) is 18.4. The third-order valence-electron chi connectivity index (χ3n) is 5.68. The van der Waals surface area contributed by atoms with Crippen LogP contribution in [0.1, 0.15) is 26.6 Å². The van der Waals surface area contributed by atoms with Gasteiger partial charge in [-0.05, 0) is 31.0 Å². The third-order valence-corrected chi connectivity index (χ3v) is 7.66. The van der Waals surface area contributed by atoms with Crippen LogP contribution in [0.2, 0.25) is 0 Å². The van der Waals surface area contributed by atoms with Crippen LogP contribution in [0.4, 0.5) is 5.00 Å². The monoisotopic (exact) mass is 548 g/mol. The minimum Gasteiger partial charge on any atom is -0.485 e. The van der Waals surface area contributed by atoms with Crippen molar-refractivity contribution in [1.82, 2.24) is 14.8 Å². The Kier molecular flexibility index (Phi) is 8.98. The molecule has 0 saturated carbocycles. The maximum Gasteiger partial charge on any atom is 0.341 e. The van der Waals surface area contributed by atoms with Gasteiger partial charge in [0, 0.05) is 17.0 Å². The van der Waals surface area contributed by atoms with Crippen molar-refractivity contribution in [2.45, 2.75) is 32.2 Å². The standard InChI is InChI=1S/C28H28N4O4S2/c1-5-15-32-22(16-36-21-14-10-9-11-18(21)2)30-31-28(32)37-17-23(33)29-26-25(27(34)35-4)24(19(3)38-26)20-12-7-6-8-13-20/h5-14H,1,15-17H2,2-4H3,(H,29,33). The number of anilines is 1. The molecule has 0 aliphatic rings. The summed E-state index contributed by atoms with van der Waals surface area (Å²) in [5.74, 6) is 0.709. The van der Waals surface area contributed by atoms with E-state index in [-0.39, 0.29) is 18.3 Å². The average molecular weight is 549 g/mol. The molecule has 4 rings (SSSR count). The van der Waals surface area contributed by atoms with Crippen LogP contribution in [-0.2, 0) is 22.7 Å². The summed E-state index contributed by atoms with van der Waals surface area (Å²) in [6.45, 7) is 8.43. The second-order valence-corrected chi connectivity index (χ2v) is 10.5. The first-order valence-electron chi connectivity index (χ1n) is 11.8. The normalized spacial score (nSPS) is 10.7. The van der Waals surface area contributed by atoms with Crippen LogP contribution in [0.5, 0.6) is 5.75 Å². The highest BCUT2D eigenvalue weighted by molar-refractivity contribution is 7.99. The molecule has 1 N–H and O–H groups in total. The van der Waals surface area contributed by atoms with Crippen molar-refractivity contribution in [3.8, 4) is 16.9 Å². The number of esters is 1. The number of rotatable bonds is 11. The van der Waals surface area contributed by atoms with Crippen molar-refractivity contribution in [3.05, 3.63) is 89.1 Å². The maximum atomic E-state index is 13.0. The van der Waals surface area contributed by atoms with Crippen LogP contribution in [0.15, 0.2) is 72.4 Å². The number of thioether (sulfide) groups is 1. The number of amides is 1. The molecule has 0 radical (unpaired) electrons. The van der Waals surface area contributed by atoms with Gasteiger partial charge in [0.15, 0.2) is 11.0 Å². The van der Waals surface area contributed by atoms with Gasteiger partial charge in [0.05, 0.1) is 12.9 Å². The number of aryl methyl sites for hydroxylation is 2. The zero-order chi connectivity index (χ0) is 27.1. The number of carbonyl (C=O) groups is 2. The van der Waals surface area contributed by atoms with Gasteiger partial charge in [-0.25, -0.2) is 4.79 Å². The van der Waals surface area contributed by atoms with Crippen molar-refractivity contribution in [2.24, 2.45) is 0 Å². The third kappa shape index (κ3) is 6.15. The van der Waals surface area contributed by atoms with Gasteiger partial charge in [0.25, 0.3) is 0 Å². The Balaban J connectivity index is 1.48. The van der Waals surface area contributed by atoms with E-state index in [0.717, 1.165) is 27.3 Å². The molecule has 8 nitrogen and oxygen atoms in total. The van der Waals surface area contributed by atoms with Gasteiger partial charge in [-0.15, -0.1) is 28.1 Å². The van der Waals surface area contributed by atoms with E-state index in [0.29, 0.717) is 28.1 Å². The Hall–Kier alpha value is -3.89. The van der Waals surface area contributed by atoms with Gasteiger partial charge in [-0.2, -0.15) is 0 Å².